The monoisotopic (exact) mass is 343 g/mol. The van der Waals surface area contributed by atoms with Crippen molar-refractivity contribution < 1.29 is 9.53 Å². The predicted octanol–water partition coefficient (Wildman–Crippen LogP) is 4.85. The van der Waals surface area contributed by atoms with Gasteiger partial charge in [-0.15, -0.1) is 0 Å². The number of aliphatic hydroxyl groups excluding tert-OH is 1. The molecule has 3 nitrogen and oxygen atoms in total. The minimum absolute atomic E-state index is 0.111. The first-order valence-electron chi connectivity index (χ1n) is 9.73. The molecule has 1 fully saturated rings. The normalized spacial score (nSPS) is 24.7. The van der Waals surface area contributed by atoms with E-state index in [9.17, 15) is 5.11 Å². The lowest BCUT2D eigenvalue weighted by Gasteiger charge is -2.39. The van der Waals surface area contributed by atoms with Gasteiger partial charge < -0.3 is 14.8 Å². The molecule has 4 heteroatoms. The molecule has 0 aromatic heterocycles. The lowest BCUT2D eigenvalue weighted by molar-refractivity contribution is 0.135. The van der Waals surface area contributed by atoms with Crippen LogP contribution in [0.15, 0.2) is 0 Å². The highest BCUT2D eigenvalue weighted by molar-refractivity contribution is 6.74. The molecule has 0 aromatic carbocycles. The summed E-state index contributed by atoms with van der Waals surface area (Å²) in [6, 6.07) is 1.06. The maximum absolute atomic E-state index is 10.0. The van der Waals surface area contributed by atoms with Crippen molar-refractivity contribution in [1.29, 1.82) is 0 Å². The van der Waals surface area contributed by atoms with E-state index in [4.69, 9.17) is 4.43 Å². The molecular formula is C19H41NO2Si. The van der Waals surface area contributed by atoms with E-state index >= 15 is 0 Å². The van der Waals surface area contributed by atoms with Gasteiger partial charge in [-0.25, -0.2) is 0 Å². The molecule has 2 N–H and O–H groups in total. The van der Waals surface area contributed by atoms with Crippen LogP contribution in [0.4, 0.5) is 0 Å². The zero-order valence-corrected chi connectivity index (χ0v) is 17.5. The maximum atomic E-state index is 10.0. The topological polar surface area (TPSA) is 41.5 Å². The van der Waals surface area contributed by atoms with Gasteiger partial charge in [0.15, 0.2) is 8.32 Å². The number of aliphatic hydroxyl groups is 1. The van der Waals surface area contributed by atoms with Crippen LogP contribution in [-0.4, -0.2) is 38.2 Å². The minimum Gasteiger partial charge on any atom is -0.415 e. The second kappa shape index (κ2) is 9.55. The summed E-state index contributed by atoms with van der Waals surface area (Å²) in [6.45, 7) is 14.6. The molecule has 1 rings (SSSR count). The SMILES string of the molecule is CCCC[C@H](O)CC[C@H]1CCC[C@@H](CO[Si](C)(C)C(C)(C)C)N1. The van der Waals surface area contributed by atoms with Gasteiger partial charge in [-0.1, -0.05) is 47.0 Å². The Bertz CT molecular complexity index is 328. The van der Waals surface area contributed by atoms with Crippen molar-refractivity contribution in [2.75, 3.05) is 6.61 Å². The highest BCUT2D eigenvalue weighted by Gasteiger charge is 2.37. The molecule has 0 amide bonds. The van der Waals surface area contributed by atoms with Crippen LogP contribution in [0.2, 0.25) is 18.1 Å². The maximum Gasteiger partial charge on any atom is 0.192 e. The molecule has 0 aromatic rings. The molecule has 1 heterocycles. The van der Waals surface area contributed by atoms with E-state index in [-0.39, 0.29) is 11.1 Å². The molecule has 0 radical (unpaired) electrons. The quantitative estimate of drug-likeness (QED) is 0.588. The number of nitrogens with one attached hydrogen (secondary N) is 1. The Morgan fingerprint density at radius 3 is 2.43 bits per heavy atom. The molecule has 3 atom stereocenters. The first-order valence-corrected chi connectivity index (χ1v) is 12.6. The molecule has 1 aliphatic heterocycles. The number of rotatable bonds is 9. The number of hydrogen-bond donors (Lipinski definition) is 2. The molecule has 23 heavy (non-hydrogen) atoms. The number of piperidine rings is 1. The summed E-state index contributed by atoms with van der Waals surface area (Å²) >= 11 is 0. The van der Waals surface area contributed by atoms with Crippen LogP contribution in [0.3, 0.4) is 0 Å². The van der Waals surface area contributed by atoms with Gasteiger partial charge in [-0.3, -0.25) is 0 Å². The Kier molecular flexibility index (Phi) is 8.77. The summed E-state index contributed by atoms with van der Waals surface area (Å²) in [5.41, 5.74) is 0. The Morgan fingerprint density at radius 1 is 1.17 bits per heavy atom. The molecule has 0 spiro atoms. The smallest absolute Gasteiger partial charge is 0.192 e. The first-order chi connectivity index (χ1) is 10.7. The zero-order valence-electron chi connectivity index (χ0n) is 16.5. The summed E-state index contributed by atoms with van der Waals surface area (Å²) < 4.78 is 6.39. The Morgan fingerprint density at radius 2 is 1.83 bits per heavy atom. The highest BCUT2D eigenvalue weighted by atomic mass is 28.4. The molecule has 1 saturated heterocycles. The molecule has 1 aliphatic rings. The molecule has 0 bridgehead atoms. The summed E-state index contributed by atoms with van der Waals surface area (Å²) in [7, 11) is -1.64. The third-order valence-electron chi connectivity index (χ3n) is 5.77. The van der Waals surface area contributed by atoms with Crippen molar-refractivity contribution in [3.63, 3.8) is 0 Å². The van der Waals surface area contributed by atoms with Crippen LogP contribution in [0, 0.1) is 0 Å². The highest BCUT2D eigenvalue weighted by Crippen LogP contribution is 2.36. The second-order valence-electron chi connectivity index (χ2n) is 8.94. The largest absolute Gasteiger partial charge is 0.415 e. The third kappa shape index (κ3) is 7.68. The minimum atomic E-state index is -1.64. The average Bonchev–Trinajstić information content (AvgIpc) is 2.48. The van der Waals surface area contributed by atoms with Gasteiger partial charge in [0.1, 0.15) is 0 Å². The lowest BCUT2D eigenvalue weighted by atomic mass is 9.94. The van der Waals surface area contributed by atoms with Crippen molar-refractivity contribution in [2.45, 2.75) is 115 Å². The van der Waals surface area contributed by atoms with E-state index in [0.717, 1.165) is 32.3 Å². The number of unbranched alkanes of at least 4 members (excludes halogenated alkanes) is 1. The van der Waals surface area contributed by atoms with Crippen LogP contribution in [0.1, 0.15) is 79.1 Å². The number of hydrogen-bond acceptors (Lipinski definition) is 3. The van der Waals surface area contributed by atoms with Gasteiger partial charge in [-0.2, -0.15) is 0 Å². The standard InChI is InChI=1S/C19H41NO2Si/c1-7-8-12-18(21)14-13-16-10-9-11-17(20-16)15-22-23(5,6)19(2,3)4/h16-18,20-21H,7-15H2,1-6H3/t16-,17+,18+/m1/s1. The van der Waals surface area contributed by atoms with Crippen molar-refractivity contribution >= 4 is 8.32 Å². The van der Waals surface area contributed by atoms with Crippen LogP contribution in [0.25, 0.3) is 0 Å². The van der Waals surface area contributed by atoms with Gasteiger partial charge >= 0.3 is 0 Å². The molecule has 138 valence electrons. The third-order valence-corrected chi connectivity index (χ3v) is 10.3. The van der Waals surface area contributed by atoms with E-state index in [1.54, 1.807) is 0 Å². The van der Waals surface area contributed by atoms with Crippen molar-refractivity contribution in [3.8, 4) is 0 Å². The summed E-state index contributed by atoms with van der Waals surface area (Å²) in [5, 5.41) is 14.1. The van der Waals surface area contributed by atoms with Gasteiger partial charge in [0, 0.05) is 18.7 Å². The van der Waals surface area contributed by atoms with Gasteiger partial charge in [0.2, 0.25) is 0 Å². The zero-order chi connectivity index (χ0) is 17.5. The van der Waals surface area contributed by atoms with E-state index in [1.807, 2.05) is 0 Å². The van der Waals surface area contributed by atoms with Crippen LogP contribution in [0.5, 0.6) is 0 Å². The fourth-order valence-corrected chi connectivity index (χ4v) is 4.02. The molecule has 0 unspecified atom stereocenters. The van der Waals surface area contributed by atoms with Gasteiger partial charge in [0.25, 0.3) is 0 Å². The Balaban J connectivity index is 2.32. The molecule has 0 saturated carbocycles. The van der Waals surface area contributed by atoms with E-state index in [1.165, 1.54) is 25.7 Å². The van der Waals surface area contributed by atoms with Crippen molar-refractivity contribution in [3.05, 3.63) is 0 Å². The van der Waals surface area contributed by atoms with Crippen LogP contribution in [-0.2, 0) is 4.43 Å². The summed E-state index contributed by atoms with van der Waals surface area (Å²) in [4.78, 5) is 0. The second-order valence-corrected chi connectivity index (χ2v) is 13.7. The predicted molar refractivity (Wildman–Crippen MR) is 102 cm³/mol. The fraction of sp³-hybridized carbons (Fsp3) is 1.00. The van der Waals surface area contributed by atoms with Gasteiger partial charge in [0.05, 0.1) is 6.10 Å². The summed E-state index contributed by atoms with van der Waals surface area (Å²) in [6.07, 6.45) is 8.96. The summed E-state index contributed by atoms with van der Waals surface area (Å²) in [5.74, 6) is 0. The average molecular weight is 344 g/mol. The Labute approximate surface area is 145 Å². The van der Waals surface area contributed by atoms with Crippen LogP contribution < -0.4 is 5.32 Å². The van der Waals surface area contributed by atoms with Gasteiger partial charge in [-0.05, 0) is 50.2 Å². The Hall–Kier alpha value is 0.0969. The fourth-order valence-electron chi connectivity index (χ4n) is 2.97. The van der Waals surface area contributed by atoms with Crippen molar-refractivity contribution in [1.82, 2.24) is 5.32 Å². The first kappa shape index (κ1) is 21.1. The van der Waals surface area contributed by atoms with E-state index < -0.39 is 8.32 Å². The van der Waals surface area contributed by atoms with Crippen LogP contribution >= 0.6 is 0 Å². The lowest BCUT2D eigenvalue weighted by Crippen LogP contribution is -2.49. The molecular weight excluding hydrogens is 302 g/mol. The molecule has 0 aliphatic carbocycles. The van der Waals surface area contributed by atoms with E-state index in [2.05, 4.69) is 46.1 Å². The van der Waals surface area contributed by atoms with Crippen molar-refractivity contribution in [2.24, 2.45) is 0 Å². The van der Waals surface area contributed by atoms with E-state index in [0.29, 0.717) is 12.1 Å².